The second-order valence-corrected chi connectivity index (χ2v) is 3.85. The quantitative estimate of drug-likeness (QED) is 0.760. The standard InChI is InChI=1S/C13H18O4/c1-2-3-12(13(15)16)17-11-6-4-10(5-7-11)8-9-14/h4-7,12,14H,2-3,8-9H2,1H3,(H,15,16). The molecule has 0 radical (unpaired) electrons. The zero-order chi connectivity index (χ0) is 12.7. The van der Waals surface area contributed by atoms with Crippen LogP contribution < -0.4 is 4.74 Å². The molecule has 1 atom stereocenters. The monoisotopic (exact) mass is 238 g/mol. The Labute approximate surface area is 101 Å². The van der Waals surface area contributed by atoms with Crippen molar-refractivity contribution in [3.8, 4) is 5.75 Å². The molecular formula is C13H18O4. The summed E-state index contributed by atoms with van der Waals surface area (Å²) in [6.45, 7) is 2.03. The topological polar surface area (TPSA) is 66.8 Å². The predicted octanol–water partition coefficient (Wildman–Crippen LogP) is 1.85. The van der Waals surface area contributed by atoms with Gasteiger partial charge in [-0.25, -0.2) is 4.79 Å². The van der Waals surface area contributed by atoms with Gasteiger partial charge in [0.15, 0.2) is 6.10 Å². The Morgan fingerprint density at radius 1 is 1.35 bits per heavy atom. The highest BCUT2D eigenvalue weighted by Gasteiger charge is 2.17. The van der Waals surface area contributed by atoms with Gasteiger partial charge in [-0.3, -0.25) is 0 Å². The Morgan fingerprint density at radius 3 is 2.47 bits per heavy atom. The van der Waals surface area contributed by atoms with Gasteiger partial charge in [-0.1, -0.05) is 25.5 Å². The van der Waals surface area contributed by atoms with Crippen LogP contribution in [0, 0.1) is 0 Å². The minimum atomic E-state index is -0.939. The Kier molecular flexibility index (Phi) is 5.49. The van der Waals surface area contributed by atoms with Gasteiger partial charge in [0.1, 0.15) is 5.75 Å². The molecule has 0 aliphatic heterocycles. The lowest BCUT2D eigenvalue weighted by molar-refractivity contribution is -0.145. The maximum Gasteiger partial charge on any atom is 0.344 e. The first-order valence-corrected chi connectivity index (χ1v) is 5.76. The minimum Gasteiger partial charge on any atom is -0.479 e. The van der Waals surface area contributed by atoms with Gasteiger partial charge < -0.3 is 14.9 Å². The molecule has 0 heterocycles. The Bertz CT molecular complexity index is 345. The van der Waals surface area contributed by atoms with Crippen molar-refractivity contribution < 1.29 is 19.7 Å². The molecule has 0 saturated heterocycles. The summed E-state index contributed by atoms with van der Waals surface area (Å²) >= 11 is 0. The van der Waals surface area contributed by atoms with E-state index in [1.165, 1.54) is 0 Å². The van der Waals surface area contributed by atoms with Crippen LogP contribution in [0.15, 0.2) is 24.3 Å². The van der Waals surface area contributed by atoms with Crippen molar-refractivity contribution in [2.24, 2.45) is 0 Å². The third kappa shape index (κ3) is 4.44. The molecule has 0 aliphatic carbocycles. The van der Waals surface area contributed by atoms with Crippen molar-refractivity contribution >= 4 is 5.97 Å². The Morgan fingerprint density at radius 2 is 2.00 bits per heavy atom. The minimum absolute atomic E-state index is 0.105. The first kappa shape index (κ1) is 13.5. The zero-order valence-electron chi connectivity index (χ0n) is 9.93. The zero-order valence-corrected chi connectivity index (χ0v) is 9.93. The molecule has 1 aromatic rings. The van der Waals surface area contributed by atoms with Crippen molar-refractivity contribution in [2.45, 2.75) is 32.3 Å². The lowest BCUT2D eigenvalue weighted by atomic mass is 10.1. The summed E-state index contributed by atoms with van der Waals surface area (Å²) < 4.78 is 5.39. The number of aliphatic hydroxyl groups excluding tert-OH is 1. The number of aliphatic hydroxyl groups is 1. The first-order chi connectivity index (χ1) is 8.17. The molecule has 4 nitrogen and oxygen atoms in total. The molecule has 0 aliphatic rings. The van der Waals surface area contributed by atoms with Crippen LogP contribution in [0.25, 0.3) is 0 Å². The summed E-state index contributed by atoms with van der Waals surface area (Å²) in [4.78, 5) is 10.9. The van der Waals surface area contributed by atoms with E-state index in [0.29, 0.717) is 18.6 Å². The molecule has 0 fully saturated rings. The normalized spacial score (nSPS) is 12.1. The van der Waals surface area contributed by atoms with Crippen molar-refractivity contribution in [3.05, 3.63) is 29.8 Å². The number of carboxylic acids is 1. The fourth-order valence-corrected chi connectivity index (χ4v) is 1.52. The van der Waals surface area contributed by atoms with E-state index in [-0.39, 0.29) is 6.61 Å². The summed E-state index contributed by atoms with van der Waals surface area (Å²) in [5.74, 6) is -0.390. The SMILES string of the molecule is CCCC(Oc1ccc(CCO)cc1)C(=O)O. The average molecular weight is 238 g/mol. The van der Waals surface area contributed by atoms with Crippen LogP contribution in [0.5, 0.6) is 5.75 Å². The number of hydrogen-bond acceptors (Lipinski definition) is 3. The molecular weight excluding hydrogens is 220 g/mol. The number of carboxylic acid groups (broad SMARTS) is 1. The molecule has 0 aromatic heterocycles. The van der Waals surface area contributed by atoms with E-state index < -0.39 is 12.1 Å². The van der Waals surface area contributed by atoms with Gasteiger partial charge in [-0.15, -0.1) is 0 Å². The molecule has 0 spiro atoms. The number of carbonyl (C=O) groups is 1. The van der Waals surface area contributed by atoms with E-state index in [0.717, 1.165) is 12.0 Å². The number of benzene rings is 1. The molecule has 1 unspecified atom stereocenters. The van der Waals surface area contributed by atoms with Crippen molar-refractivity contribution in [2.75, 3.05) is 6.61 Å². The molecule has 17 heavy (non-hydrogen) atoms. The molecule has 2 N–H and O–H groups in total. The molecule has 0 amide bonds. The summed E-state index contributed by atoms with van der Waals surface area (Å²) in [5.41, 5.74) is 1.00. The van der Waals surface area contributed by atoms with Crippen LogP contribution in [-0.2, 0) is 11.2 Å². The summed E-state index contributed by atoms with van der Waals surface area (Å²) in [5, 5.41) is 17.7. The number of aliphatic carboxylic acids is 1. The van der Waals surface area contributed by atoms with E-state index in [1.807, 2.05) is 19.1 Å². The summed E-state index contributed by atoms with van der Waals surface area (Å²) in [7, 11) is 0. The van der Waals surface area contributed by atoms with Crippen LogP contribution in [-0.4, -0.2) is 28.9 Å². The molecule has 0 bridgehead atoms. The van der Waals surface area contributed by atoms with Crippen LogP contribution in [0.4, 0.5) is 0 Å². The largest absolute Gasteiger partial charge is 0.479 e. The van der Waals surface area contributed by atoms with Gasteiger partial charge in [0.25, 0.3) is 0 Å². The van der Waals surface area contributed by atoms with Crippen LogP contribution >= 0.6 is 0 Å². The van der Waals surface area contributed by atoms with Gasteiger partial charge in [-0.05, 0) is 30.5 Å². The Hall–Kier alpha value is -1.55. The second kappa shape index (κ2) is 6.91. The van der Waals surface area contributed by atoms with E-state index in [9.17, 15) is 4.79 Å². The molecule has 94 valence electrons. The second-order valence-electron chi connectivity index (χ2n) is 3.85. The summed E-state index contributed by atoms with van der Waals surface area (Å²) in [6, 6.07) is 7.13. The molecule has 1 aromatic carbocycles. The lowest BCUT2D eigenvalue weighted by Crippen LogP contribution is -2.26. The van der Waals surface area contributed by atoms with Crippen molar-refractivity contribution in [1.82, 2.24) is 0 Å². The number of ether oxygens (including phenoxy) is 1. The first-order valence-electron chi connectivity index (χ1n) is 5.76. The third-order valence-corrected chi connectivity index (χ3v) is 2.43. The Balaban J connectivity index is 2.63. The van der Waals surface area contributed by atoms with Gasteiger partial charge in [-0.2, -0.15) is 0 Å². The highest BCUT2D eigenvalue weighted by Crippen LogP contribution is 2.16. The van der Waals surface area contributed by atoms with Crippen LogP contribution in [0.3, 0.4) is 0 Å². The fraction of sp³-hybridized carbons (Fsp3) is 0.462. The number of rotatable bonds is 7. The van der Waals surface area contributed by atoms with Crippen molar-refractivity contribution in [3.63, 3.8) is 0 Å². The lowest BCUT2D eigenvalue weighted by Gasteiger charge is -2.14. The maximum absolute atomic E-state index is 10.9. The summed E-state index contributed by atoms with van der Waals surface area (Å²) in [6.07, 6.45) is 1.06. The van der Waals surface area contributed by atoms with Crippen molar-refractivity contribution in [1.29, 1.82) is 0 Å². The van der Waals surface area contributed by atoms with Crippen LogP contribution in [0.1, 0.15) is 25.3 Å². The highest BCUT2D eigenvalue weighted by atomic mass is 16.5. The van der Waals surface area contributed by atoms with Gasteiger partial charge in [0.05, 0.1) is 0 Å². The van der Waals surface area contributed by atoms with Gasteiger partial charge >= 0.3 is 5.97 Å². The molecule has 4 heteroatoms. The van der Waals surface area contributed by atoms with Gasteiger partial charge in [0, 0.05) is 6.61 Å². The predicted molar refractivity (Wildman–Crippen MR) is 64.2 cm³/mol. The van der Waals surface area contributed by atoms with Gasteiger partial charge in [0.2, 0.25) is 0 Å². The third-order valence-electron chi connectivity index (χ3n) is 2.43. The maximum atomic E-state index is 10.9. The fourth-order valence-electron chi connectivity index (χ4n) is 1.52. The molecule has 0 saturated carbocycles. The van der Waals surface area contributed by atoms with Crippen LogP contribution in [0.2, 0.25) is 0 Å². The number of hydrogen-bond donors (Lipinski definition) is 2. The smallest absolute Gasteiger partial charge is 0.344 e. The van der Waals surface area contributed by atoms with E-state index in [4.69, 9.17) is 14.9 Å². The van der Waals surface area contributed by atoms with E-state index in [2.05, 4.69) is 0 Å². The average Bonchev–Trinajstić information content (AvgIpc) is 2.31. The van der Waals surface area contributed by atoms with E-state index >= 15 is 0 Å². The highest BCUT2D eigenvalue weighted by molar-refractivity contribution is 5.72. The van der Waals surface area contributed by atoms with E-state index in [1.54, 1.807) is 12.1 Å². The molecule has 1 rings (SSSR count).